The van der Waals surface area contributed by atoms with Gasteiger partial charge in [-0.15, -0.1) is 11.6 Å². The summed E-state index contributed by atoms with van der Waals surface area (Å²) in [6.07, 6.45) is 9.21. The summed E-state index contributed by atoms with van der Waals surface area (Å²) < 4.78 is 0. The van der Waals surface area contributed by atoms with Crippen LogP contribution in [-0.4, -0.2) is 5.88 Å². The van der Waals surface area contributed by atoms with Crippen LogP contribution in [0.2, 0.25) is 0 Å². The summed E-state index contributed by atoms with van der Waals surface area (Å²) in [5, 5.41) is 0. The molecular formula is C17H27Cl. The fourth-order valence-electron chi connectivity index (χ4n) is 2.44. The Morgan fingerprint density at radius 2 is 1.89 bits per heavy atom. The van der Waals surface area contributed by atoms with Crippen molar-refractivity contribution in [3.05, 3.63) is 35.4 Å². The molecule has 0 heterocycles. The van der Waals surface area contributed by atoms with E-state index in [1.54, 1.807) is 0 Å². The van der Waals surface area contributed by atoms with E-state index in [-0.39, 0.29) is 0 Å². The molecule has 0 aromatic heterocycles. The van der Waals surface area contributed by atoms with Gasteiger partial charge in [0.25, 0.3) is 0 Å². The van der Waals surface area contributed by atoms with Crippen molar-refractivity contribution in [1.29, 1.82) is 0 Å². The first-order valence-electron chi connectivity index (χ1n) is 7.37. The summed E-state index contributed by atoms with van der Waals surface area (Å²) in [6, 6.07) is 8.82. The minimum atomic E-state index is 0.648. The molecule has 1 heteroatoms. The van der Waals surface area contributed by atoms with Crippen molar-refractivity contribution in [3.8, 4) is 0 Å². The Morgan fingerprint density at radius 3 is 2.56 bits per heavy atom. The molecule has 0 fully saturated rings. The maximum atomic E-state index is 6.10. The van der Waals surface area contributed by atoms with Crippen LogP contribution < -0.4 is 0 Å². The van der Waals surface area contributed by atoms with Crippen LogP contribution in [-0.2, 0) is 6.42 Å². The maximum absolute atomic E-state index is 6.10. The molecule has 0 saturated carbocycles. The van der Waals surface area contributed by atoms with Gasteiger partial charge in [-0.1, -0.05) is 68.9 Å². The molecule has 0 N–H and O–H groups in total. The van der Waals surface area contributed by atoms with Gasteiger partial charge < -0.3 is 0 Å². The summed E-state index contributed by atoms with van der Waals surface area (Å²) in [5.74, 6) is 1.44. The fourth-order valence-corrected chi connectivity index (χ4v) is 2.71. The maximum Gasteiger partial charge on any atom is 0.0254 e. The molecule has 1 atom stereocenters. The number of benzene rings is 1. The molecule has 0 radical (unpaired) electrons. The molecule has 18 heavy (non-hydrogen) atoms. The van der Waals surface area contributed by atoms with Crippen molar-refractivity contribution in [2.24, 2.45) is 5.92 Å². The smallest absolute Gasteiger partial charge is 0.0254 e. The number of rotatable bonds is 9. The van der Waals surface area contributed by atoms with E-state index in [2.05, 4.69) is 38.1 Å². The lowest BCUT2D eigenvalue weighted by atomic mass is 9.94. The standard InChI is InChI=1S/C17H27Cl/c1-3-4-5-6-7-10-17(14-18)13-16-11-8-9-15(2)12-16/h8-9,11-12,17H,3-7,10,13-14H2,1-2H3. The zero-order chi connectivity index (χ0) is 13.2. The van der Waals surface area contributed by atoms with E-state index in [0.717, 1.165) is 12.3 Å². The van der Waals surface area contributed by atoms with Crippen LogP contribution in [0.3, 0.4) is 0 Å². The number of halogens is 1. The van der Waals surface area contributed by atoms with E-state index in [9.17, 15) is 0 Å². The van der Waals surface area contributed by atoms with Crippen molar-refractivity contribution in [2.45, 2.75) is 58.8 Å². The Morgan fingerprint density at radius 1 is 1.11 bits per heavy atom. The highest BCUT2D eigenvalue weighted by Crippen LogP contribution is 2.18. The van der Waals surface area contributed by atoms with E-state index in [4.69, 9.17) is 11.6 Å². The van der Waals surface area contributed by atoms with Crippen LogP contribution in [0.15, 0.2) is 24.3 Å². The second-order valence-electron chi connectivity index (χ2n) is 5.42. The Balaban J connectivity index is 2.28. The van der Waals surface area contributed by atoms with E-state index < -0.39 is 0 Å². The molecule has 1 aromatic rings. The van der Waals surface area contributed by atoms with E-state index in [1.807, 2.05) is 0 Å². The first kappa shape index (κ1) is 15.6. The predicted octanol–water partition coefficient (Wildman–Crippen LogP) is 5.75. The normalized spacial score (nSPS) is 12.6. The third-order valence-electron chi connectivity index (χ3n) is 3.54. The largest absolute Gasteiger partial charge is 0.126 e. The van der Waals surface area contributed by atoms with Crippen LogP contribution >= 0.6 is 11.6 Å². The molecule has 1 rings (SSSR count). The molecule has 0 amide bonds. The van der Waals surface area contributed by atoms with Gasteiger partial charge in [-0.05, 0) is 31.2 Å². The highest BCUT2D eigenvalue weighted by molar-refractivity contribution is 6.18. The minimum Gasteiger partial charge on any atom is -0.126 e. The van der Waals surface area contributed by atoms with Crippen LogP contribution in [0.4, 0.5) is 0 Å². The topological polar surface area (TPSA) is 0 Å². The van der Waals surface area contributed by atoms with E-state index in [0.29, 0.717) is 5.92 Å². The number of hydrogen-bond acceptors (Lipinski definition) is 0. The van der Waals surface area contributed by atoms with Crippen molar-refractivity contribution < 1.29 is 0 Å². The van der Waals surface area contributed by atoms with Crippen LogP contribution in [0.1, 0.15) is 56.6 Å². The molecule has 0 aliphatic heterocycles. The van der Waals surface area contributed by atoms with Gasteiger partial charge in [0.1, 0.15) is 0 Å². The quantitative estimate of drug-likeness (QED) is 0.394. The van der Waals surface area contributed by atoms with Crippen molar-refractivity contribution >= 4 is 11.6 Å². The van der Waals surface area contributed by atoms with Crippen molar-refractivity contribution in [1.82, 2.24) is 0 Å². The second-order valence-corrected chi connectivity index (χ2v) is 5.73. The first-order valence-corrected chi connectivity index (χ1v) is 7.91. The van der Waals surface area contributed by atoms with Crippen molar-refractivity contribution in [3.63, 3.8) is 0 Å². The van der Waals surface area contributed by atoms with Crippen LogP contribution in [0.25, 0.3) is 0 Å². The summed E-state index contributed by atoms with van der Waals surface area (Å²) in [4.78, 5) is 0. The predicted molar refractivity (Wildman–Crippen MR) is 82.5 cm³/mol. The number of alkyl halides is 1. The second kappa shape index (κ2) is 9.44. The zero-order valence-corrected chi connectivity index (χ0v) is 12.7. The lowest BCUT2D eigenvalue weighted by Crippen LogP contribution is -2.06. The summed E-state index contributed by atoms with van der Waals surface area (Å²) in [5.41, 5.74) is 2.79. The number of hydrogen-bond donors (Lipinski definition) is 0. The van der Waals surface area contributed by atoms with Gasteiger partial charge in [-0.3, -0.25) is 0 Å². The molecule has 0 saturated heterocycles. The van der Waals surface area contributed by atoms with Gasteiger partial charge in [0.2, 0.25) is 0 Å². The summed E-state index contributed by atoms with van der Waals surface area (Å²) in [7, 11) is 0. The number of unbranched alkanes of at least 4 members (excludes halogenated alkanes) is 4. The highest BCUT2D eigenvalue weighted by Gasteiger charge is 2.08. The fraction of sp³-hybridized carbons (Fsp3) is 0.647. The Labute approximate surface area is 118 Å². The van der Waals surface area contributed by atoms with Gasteiger partial charge in [0, 0.05) is 5.88 Å². The summed E-state index contributed by atoms with van der Waals surface area (Å²) >= 11 is 6.10. The Kier molecular flexibility index (Phi) is 8.17. The molecule has 0 bridgehead atoms. The van der Waals surface area contributed by atoms with Gasteiger partial charge >= 0.3 is 0 Å². The highest BCUT2D eigenvalue weighted by atomic mass is 35.5. The van der Waals surface area contributed by atoms with E-state index >= 15 is 0 Å². The van der Waals surface area contributed by atoms with E-state index in [1.165, 1.54) is 49.7 Å². The Bertz CT molecular complexity index is 319. The molecular weight excluding hydrogens is 240 g/mol. The Hall–Kier alpha value is -0.490. The molecule has 0 nitrogen and oxygen atoms in total. The molecule has 0 aliphatic rings. The zero-order valence-electron chi connectivity index (χ0n) is 11.9. The minimum absolute atomic E-state index is 0.648. The van der Waals surface area contributed by atoms with Gasteiger partial charge in [0.05, 0.1) is 0 Å². The van der Waals surface area contributed by atoms with Gasteiger partial charge in [-0.2, -0.15) is 0 Å². The molecule has 0 aliphatic carbocycles. The summed E-state index contributed by atoms with van der Waals surface area (Å²) in [6.45, 7) is 4.42. The average molecular weight is 267 g/mol. The van der Waals surface area contributed by atoms with Gasteiger partial charge in [0.15, 0.2) is 0 Å². The molecule has 1 unspecified atom stereocenters. The van der Waals surface area contributed by atoms with Gasteiger partial charge in [-0.25, -0.2) is 0 Å². The lowest BCUT2D eigenvalue weighted by molar-refractivity contribution is 0.488. The third kappa shape index (κ3) is 6.44. The lowest BCUT2D eigenvalue weighted by Gasteiger charge is -2.14. The molecule has 1 aromatic carbocycles. The first-order chi connectivity index (χ1) is 8.76. The van der Waals surface area contributed by atoms with Crippen LogP contribution in [0, 0.1) is 12.8 Å². The molecule has 102 valence electrons. The number of aryl methyl sites for hydroxylation is 1. The third-order valence-corrected chi connectivity index (χ3v) is 3.98. The monoisotopic (exact) mass is 266 g/mol. The molecule has 0 spiro atoms. The SMILES string of the molecule is CCCCCCCC(CCl)Cc1cccc(C)c1. The average Bonchev–Trinajstić information content (AvgIpc) is 2.37. The van der Waals surface area contributed by atoms with Crippen molar-refractivity contribution in [2.75, 3.05) is 5.88 Å². The van der Waals surface area contributed by atoms with Crippen LogP contribution in [0.5, 0.6) is 0 Å².